The molecule has 0 N–H and O–H groups in total. The van der Waals surface area contributed by atoms with Gasteiger partial charge in [-0.3, -0.25) is 9.48 Å². The highest BCUT2D eigenvalue weighted by Crippen LogP contribution is 2.33. The predicted octanol–water partition coefficient (Wildman–Crippen LogP) is 4.07. The summed E-state index contributed by atoms with van der Waals surface area (Å²) in [6.07, 6.45) is 14.7. The lowest BCUT2D eigenvalue weighted by molar-refractivity contribution is 0.0605. The summed E-state index contributed by atoms with van der Waals surface area (Å²) >= 11 is 1.63. The molecule has 2 aliphatic rings. The maximum absolute atomic E-state index is 13.0. The monoisotopic (exact) mass is 373 g/mol. The Labute approximate surface area is 158 Å². The number of likely N-dealkylation sites (tertiary alicyclic amines) is 1. The van der Waals surface area contributed by atoms with Crippen molar-refractivity contribution in [2.24, 2.45) is 5.92 Å². The first-order valence-corrected chi connectivity index (χ1v) is 10.8. The van der Waals surface area contributed by atoms with Crippen molar-refractivity contribution < 1.29 is 4.79 Å². The third-order valence-electron chi connectivity index (χ3n) is 5.75. The van der Waals surface area contributed by atoms with Crippen molar-refractivity contribution >= 4 is 17.2 Å². The SMILES string of the molecule is O=C(c1cn(CCC2CCCCC2)nn1)N1CCCCC1c1nccs1. The van der Waals surface area contributed by atoms with E-state index in [4.69, 9.17) is 0 Å². The average Bonchev–Trinajstić information content (AvgIpc) is 3.39. The largest absolute Gasteiger partial charge is 0.328 e. The van der Waals surface area contributed by atoms with Gasteiger partial charge < -0.3 is 4.90 Å². The van der Waals surface area contributed by atoms with Crippen molar-refractivity contribution in [2.75, 3.05) is 6.54 Å². The summed E-state index contributed by atoms with van der Waals surface area (Å²) in [5, 5.41) is 11.4. The quantitative estimate of drug-likeness (QED) is 0.792. The smallest absolute Gasteiger partial charge is 0.276 e. The Bertz CT molecular complexity index is 707. The number of nitrogens with zero attached hydrogens (tertiary/aromatic N) is 5. The molecule has 0 bridgehead atoms. The van der Waals surface area contributed by atoms with Gasteiger partial charge in [-0.25, -0.2) is 4.98 Å². The van der Waals surface area contributed by atoms with Crippen molar-refractivity contribution in [1.29, 1.82) is 0 Å². The summed E-state index contributed by atoms with van der Waals surface area (Å²) in [5.74, 6) is 0.803. The Kier molecular flexibility index (Phi) is 5.62. The van der Waals surface area contributed by atoms with E-state index in [1.54, 1.807) is 11.3 Å². The summed E-state index contributed by atoms with van der Waals surface area (Å²) in [5.41, 5.74) is 0.470. The zero-order valence-electron chi connectivity index (χ0n) is 15.2. The van der Waals surface area contributed by atoms with Gasteiger partial charge >= 0.3 is 0 Å². The highest BCUT2D eigenvalue weighted by atomic mass is 32.1. The maximum atomic E-state index is 13.0. The Morgan fingerprint density at radius 3 is 2.81 bits per heavy atom. The fourth-order valence-corrected chi connectivity index (χ4v) is 5.06. The minimum atomic E-state index is -0.00573. The minimum Gasteiger partial charge on any atom is -0.328 e. The van der Waals surface area contributed by atoms with Crippen LogP contribution in [0.2, 0.25) is 0 Å². The molecule has 1 aliphatic heterocycles. The van der Waals surface area contributed by atoms with Gasteiger partial charge in [0.25, 0.3) is 5.91 Å². The highest BCUT2D eigenvalue weighted by molar-refractivity contribution is 7.09. The summed E-state index contributed by atoms with van der Waals surface area (Å²) in [6.45, 7) is 1.64. The van der Waals surface area contributed by atoms with Gasteiger partial charge in [0.1, 0.15) is 5.01 Å². The molecule has 26 heavy (non-hydrogen) atoms. The molecule has 2 fully saturated rings. The minimum absolute atomic E-state index is 0.00573. The Morgan fingerprint density at radius 2 is 2.00 bits per heavy atom. The second kappa shape index (κ2) is 8.29. The maximum Gasteiger partial charge on any atom is 0.276 e. The fraction of sp³-hybridized carbons (Fsp3) is 0.684. The molecule has 2 aromatic heterocycles. The van der Waals surface area contributed by atoms with Crippen molar-refractivity contribution in [2.45, 2.75) is 70.4 Å². The normalized spacial score (nSPS) is 21.8. The van der Waals surface area contributed by atoms with Crippen molar-refractivity contribution in [3.63, 3.8) is 0 Å². The van der Waals surface area contributed by atoms with E-state index in [0.717, 1.165) is 49.7 Å². The van der Waals surface area contributed by atoms with Crippen LogP contribution in [0.25, 0.3) is 0 Å². The molecule has 1 amide bonds. The lowest BCUT2D eigenvalue weighted by Crippen LogP contribution is -2.38. The van der Waals surface area contributed by atoms with E-state index in [-0.39, 0.29) is 11.9 Å². The number of aromatic nitrogens is 4. The first kappa shape index (κ1) is 17.6. The molecule has 3 heterocycles. The summed E-state index contributed by atoms with van der Waals surface area (Å²) < 4.78 is 1.85. The molecule has 1 saturated heterocycles. The van der Waals surface area contributed by atoms with Crippen LogP contribution in [0.4, 0.5) is 0 Å². The predicted molar refractivity (Wildman–Crippen MR) is 101 cm³/mol. The van der Waals surface area contributed by atoms with Gasteiger partial charge in [0.05, 0.1) is 12.2 Å². The lowest BCUT2D eigenvalue weighted by Gasteiger charge is -2.33. The van der Waals surface area contributed by atoms with Crippen LogP contribution >= 0.6 is 11.3 Å². The number of hydrogen-bond acceptors (Lipinski definition) is 5. The molecule has 0 spiro atoms. The number of amides is 1. The zero-order chi connectivity index (χ0) is 17.8. The molecule has 6 nitrogen and oxygen atoms in total. The number of piperidine rings is 1. The fourth-order valence-electron chi connectivity index (χ4n) is 4.27. The lowest BCUT2D eigenvalue weighted by atomic mass is 9.87. The van der Waals surface area contributed by atoms with E-state index >= 15 is 0 Å². The summed E-state index contributed by atoms with van der Waals surface area (Å²) in [6, 6.07) is 0.0867. The zero-order valence-corrected chi connectivity index (χ0v) is 16.0. The van der Waals surface area contributed by atoms with Crippen LogP contribution in [0.15, 0.2) is 17.8 Å². The van der Waals surface area contributed by atoms with Crippen LogP contribution in [-0.4, -0.2) is 37.3 Å². The van der Waals surface area contributed by atoms with E-state index in [0.29, 0.717) is 5.69 Å². The summed E-state index contributed by atoms with van der Waals surface area (Å²) in [7, 11) is 0. The topological polar surface area (TPSA) is 63.9 Å². The highest BCUT2D eigenvalue weighted by Gasteiger charge is 2.31. The molecule has 1 atom stereocenters. The molecular formula is C19H27N5OS. The second-order valence-electron chi connectivity index (χ2n) is 7.54. The number of hydrogen-bond donors (Lipinski definition) is 0. The van der Waals surface area contributed by atoms with Crippen molar-refractivity contribution in [3.05, 3.63) is 28.5 Å². The third kappa shape index (κ3) is 3.98. The second-order valence-corrected chi connectivity index (χ2v) is 8.47. The van der Waals surface area contributed by atoms with E-state index in [2.05, 4.69) is 15.3 Å². The van der Waals surface area contributed by atoms with Crippen LogP contribution < -0.4 is 0 Å². The number of aryl methyl sites for hydroxylation is 1. The van der Waals surface area contributed by atoms with Gasteiger partial charge in [0, 0.05) is 24.7 Å². The van der Waals surface area contributed by atoms with Crippen LogP contribution in [0.5, 0.6) is 0 Å². The number of carbonyl (C=O) groups is 1. The molecule has 2 aromatic rings. The Balaban J connectivity index is 1.40. The number of thiazole rings is 1. The molecule has 0 radical (unpaired) electrons. The molecule has 1 saturated carbocycles. The third-order valence-corrected chi connectivity index (χ3v) is 6.63. The first-order valence-electron chi connectivity index (χ1n) is 9.92. The van der Waals surface area contributed by atoms with Crippen LogP contribution in [0.1, 0.15) is 79.3 Å². The van der Waals surface area contributed by atoms with E-state index < -0.39 is 0 Å². The molecular weight excluding hydrogens is 346 g/mol. The van der Waals surface area contributed by atoms with E-state index in [1.165, 1.54) is 32.1 Å². The molecule has 1 unspecified atom stereocenters. The Morgan fingerprint density at radius 1 is 1.15 bits per heavy atom. The van der Waals surface area contributed by atoms with Gasteiger partial charge in [-0.15, -0.1) is 16.4 Å². The summed E-state index contributed by atoms with van der Waals surface area (Å²) in [4.78, 5) is 19.4. The molecule has 7 heteroatoms. The molecule has 140 valence electrons. The molecule has 0 aromatic carbocycles. The molecule has 1 aliphatic carbocycles. The van der Waals surface area contributed by atoms with Crippen LogP contribution in [-0.2, 0) is 6.54 Å². The number of carbonyl (C=O) groups excluding carboxylic acids is 1. The Hall–Kier alpha value is -1.76. The van der Waals surface area contributed by atoms with Gasteiger partial charge in [-0.2, -0.15) is 0 Å². The van der Waals surface area contributed by atoms with Gasteiger partial charge in [-0.05, 0) is 31.6 Å². The van der Waals surface area contributed by atoms with E-state index in [9.17, 15) is 4.79 Å². The molecule has 4 rings (SSSR count). The van der Waals surface area contributed by atoms with Crippen LogP contribution in [0, 0.1) is 5.92 Å². The van der Waals surface area contributed by atoms with E-state index in [1.807, 2.05) is 27.4 Å². The number of rotatable bonds is 5. The first-order chi connectivity index (χ1) is 12.8. The van der Waals surface area contributed by atoms with Crippen LogP contribution in [0.3, 0.4) is 0 Å². The standard InChI is InChI=1S/C19H27N5OS/c25-19(24-11-5-4-8-17(24)18-20-10-13-26-18)16-14-23(22-21-16)12-9-15-6-2-1-3-7-15/h10,13-15,17H,1-9,11-12H2. The van der Waals surface area contributed by atoms with Gasteiger partial charge in [0.2, 0.25) is 0 Å². The van der Waals surface area contributed by atoms with Crippen molar-refractivity contribution in [3.8, 4) is 0 Å². The van der Waals surface area contributed by atoms with Gasteiger partial charge in [0.15, 0.2) is 5.69 Å². The van der Waals surface area contributed by atoms with Crippen molar-refractivity contribution in [1.82, 2.24) is 24.9 Å². The average molecular weight is 374 g/mol. The van der Waals surface area contributed by atoms with Gasteiger partial charge in [-0.1, -0.05) is 37.3 Å².